The first-order valence-electron chi connectivity index (χ1n) is 12.5. The molecule has 3 saturated carbocycles. The number of aromatic hydroxyl groups is 1. The molecule has 0 aromatic heterocycles. The van der Waals surface area contributed by atoms with Crippen LogP contribution in [0.4, 0.5) is 0 Å². The molecular weight excluding hydrogens is 374 g/mol. The molecule has 0 unspecified atom stereocenters. The number of aliphatic hydroxyl groups excluding tert-OH is 1. The van der Waals surface area contributed by atoms with Gasteiger partial charge in [-0.2, -0.15) is 0 Å². The Labute approximate surface area is 180 Å². The van der Waals surface area contributed by atoms with Crippen LogP contribution in [0.2, 0.25) is 0 Å². The molecule has 0 spiro atoms. The van der Waals surface area contributed by atoms with E-state index in [1.165, 1.54) is 44.1 Å². The fourth-order valence-electron chi connectivity index (χ4n) is 7.93. The van der Waals surface area contributed by atoms with E-state index >= 15 is 0 Å². The van der Waals surface area contributed by atoms with E-state index in [1.807, 2.05) is 6.07 Å². The Kier molecular flexibility index (Phi) is 4.53. The van der Waals surface area contributed by atoms with Crippen molar-refractivity contribution in [3.8, 4) is 5.75 Å². The summed E-state index contributed by atoms with van der Waals surface area (Å²) in [6, 6.07) is 5.90. The molecule has 1 saturated heterocycles. The second-order valence-corrected chi connectivity index (χ2v) is 11.4. The van der Waals surface area contributed by atoms with E-state index in [-0.39, 0.29) is 23.8 Å². The lowest BCUT2D eigenvalue weighted by Gasteiger charge is -2.65. The monoisotopic (exact) mass is 411 g/mol. The summed E-state index contributed by atoms with van der Waals surface area (Å²) in [7, 11) is 0. The zero-order valence-corrected chi connectivity index (χ0v) is 18.1. The van der Waals surface area contributed by atoms with E-state index in [4.69, 9.17) is 0 Å². The summed E-state index contributed by atoms with van der Waals surface area (Å²) in [4.78, 5) is 2.59. The standard InChI is InChI=1S/C26H37NO3/c28-21-8-7-19-12-24-26(30)14-20(11-17-3-1-2-4-17)23(29)15-25(26,22(19)13-21)9-10-27(24)16-18-5-6-18/h7-8,13,17-18,20,23-24,28-30H,1-6,9-12,14-16H2/t20-,23+,24+,25+,26+/m0/s1. The average molecular weight is 412 g/mol. The molecule has 0 radical (unpaired) electrons. The Hall–Kier alpha value is -1.10. The molecule has 1 aliphatic heterocycles. The van der Waals surface area contributed by atoms with Crippen LogP contribution in [0.25, 0.3) is 0 Å². The summed E-state index contributed by atoms with van der Waals surface area (Å²) in [5.41, 5.74) is 1.16. The Morgan fingerprint density at radius 2 is 1.83 bits per heavy atom. The van der Waals surface area contributed by atoms with Crippen molar-refractivity contribution in [2.24, 2.45) is 17.8 Å². The Morgan fingerprint density at radius 1 is 1.03 bits per heavy atom. The molecule has 5 aliphatic rings. The molecule has 4 heteroatoms. The number of rotatable bonds is 4. The average Bonchev–Trinajstić information content (AvgIpc) is 3.38. The van der Waals surface area contributed by atoms with Gasteiger partial charge in [-0.15, -0.1) is 0 Å². The van der Waals surface area contributed by atoms with Crippen LogP contribution < -0.4 is 0 Å². The van der Waals surface area contributed by atoms with Crippen LogP contribution in [0, 0.1) is 17.8 Å². The zero-order valence-electron chi connectivity index (χ0n) is 18.1. The third-order valence-corrected chi connectivity index (χ3v) is 9.64. The van der Waals surface area contributed by atoms with E-state index in [2.05, 4.69) is 11.0 Å². The van der Waals surface area contributed by atoms with E-state index in [0.29, 0.717) is 12.8 Å². The second-order valence-electron chi connectivity index (χ2n) is 11.4. The van der Waals surface area contributed by atoms with Gasteiger partial charge >= 0.3 is 0 Å². The van der Waals surface area contributed by atoms with Gasteiger partial charge in [0.1, 0.15) is 5.75 Å². The zero-order chi connectivity index (χ0) is 20.5. The van der Waals surface area contributed by atoms with E-state index < -0.39 is 11.0 Å². The van der Waals surface area contributed by atoms with E-state index in [9.17, 15) is 15.3 Å². The molecule has 1 heterocycles. The molecule has 4 nitrogen and oxygen atoms in total. The highest BCUT2D eigenvalue weighted by Gasteiger charge is 2.66. The van der Waals surface area contributed by atoms with E-state index in [0.717, 1.165) is 49.8 Å². The van der Waals surface area contributed by atoms with Crippen LogP contribution in [-0.2, 0) is 11.8 Å². The Balaban J connectivity index is 1.39. The van der Waals surface area contributed by atoms with Gasteiger partial charge in [0.15, 0.2) is 0 Å². The van der Waals surface area contributed by atoms with Crippen LogP contribution in [0.1, 0.15) is 75.3 Å². The summed E-state index contributed by atoms with van der Waals surface area (Å²) < 4.78 is 0. The van der Waals surface area contributed by atoms with Crippen molar-refractivity contribution >= 4 is 0 Å². The normalized spacial score (nSPS) is 41.5. The first-order valence-corrected chi connectivity index (χ1v) is 12.5. The minimum absolute atomic E-state index is 0.141. The summed E-state index contributed by atoms with van der Waals surface area (Å²) in [5.74, 6) is 2.02. The van der Waals surface area contributed by atoms with E-state index in [1.54, 1.807) is 6.07 Å². The number of phenols is 1. The van der Waals surface area contributed by atoms with Crippen molar-refractivity contribution in [2.45, 2.75) is 93.8 Å². The molecular formula is C26H37NO3. The molecule has 3 N–H and O–H groups in total. The summed E-state index contributed by atoms with van der Waals surface area (Å²) >= 11 is 0. The number of likely N-dealkylation sites (tertiary alicyclic amines) is 1. The number of hydrogen-bond donors (Lipinski definition) is 3. The highest BCUT2D eigenvalue weighted by molar-refractivity contribution is 5.48. The van der Waals surface area contributed by atoms with Crippen molar-refractivity contribution < 1.29 is 15.3 Å². The van der Waals surface area contributed by atoms with Crippen molar-refractivity contribution in [2.75, 3.05) is 13.1 Å². The topological polar surface area (TPSA) is 63.9 Å². The first-order chi connectivity index (χ1) is 14.5. The smallest absolute Gasteiger partial charge is 0.115 e. The maximum absolute atomic E-state index is 12.5. The van der Waals surface area contributed by atoms with Crippen LogP contribution in [0.3, 0.4) is 0 Å². The molecule has 6 rings (SSSR count). The van der Waals surface area contributed by atoms with Gasteiger partial charge in [0, 0.05) is 18.0 Å². The van der Waals surface area contributed by atoms with Gasteiger partial charge in [0.2, 0.25) is 0 Å². The van der Waals surface area contributed by atoms with Crippen molar-refractivity contribution in [3.63, 3.8) is 0 Å². The van der Waals surface area contributed by atoms with Crippen LogP contribution in [0.5, 0.6) is 5.75 Å². The second kappa shape index (κ2) is 6.95. The van der Waals surface area contributed by atoms with Gasteiger partial charge in [-0.05, 0) is 92.5 Å². The van der Waals surface area contributed by atoms with Crippen LogP contribution >= 0.6 is 0 Å². The lowest BCUT2D eigenvalue weighted by atomic mass is 9.47. The number of phenolic OH excluding ortho intramolecular Hbond substituents is 1. The fraction of sp³-hybridized carbons (Fsp3) is 0.769. The molecule has 0 amide bonds. The largest absolute Gasteiger partial charge is 0.508 e. The van der Waals surface area contributed by atoms with Gasteiger partial charge in [-0.3, -0.25) is 4.90 Å². The minimum Gasteiger partial charge on any atom is -0.508 e. The SMILES string of the molecule is Oc1ccc2c(c1)[C@]13CCN(CC4CC4)[C@H](C2)[C@]1(O)C[C@H](CC1CCCC1)[C@H](O)C3. The molecule has 30 heavy (non-hydrogen) atoms. The van der Waals surface area contributed by atoms with Crippen molar-refractivity contribution in [1.29, 1.82) is 0 Å². The summed E-state index contributed by atoms with van der Waals surface area (Å²) in [6.45, 7) is 2.12. The highest BCUT2D eigenvalue weighted by Crippen LogP contribution is 2.60. The Bertz CT molecular complexity index is 816. The lowest BCUT2D eigenvalue weighted by Crippen LogP contribution is -2.74. The van der Waals surface area contributed by atoms with Crippen molar-refractivity contribution in [1.82, 2.24) is 4.90 Å². The molecule has 4 aliphatic carbocycles. The molecule has 5 atom stereocenters. The molecule has 1 aromatic rings. The van der Waals surface area contributed by atoms with Gasteiger partial charge in [-0.25, -0.2) is 0 Å². The van der Waals surface area contributed by atoms with Crippen molar-refractivity contribution in [3.05, 3.63) is 29.3 Å². The maximum atomic E-state index is 12.5. The highest BCUT2D eigenvalue weighted by atomic mass is 16.3. The maximum Gasteiger partial charge on any atom is 0.115 e. The summed E-state index contributed by atoms with van der Waals surface area (Å²) in [5, 5.41) is 34.1. The number of benzene rings is 1. The Morgan fingerprint density at radius 3 is 2.60 bits per heavy atom. The summed E-state index contributed by atoms with van der Waals surface area (Å²) in [6.07, 6.45) is 11.7. The number of fused-ring (bicyclic) bond motifs is 1. The van der Waals surface area contributed by atoms with Gasteiger partial charge in [0.25, 0.3) is 0 Å². The minimum atomic E-state index is -0.802. The third kappa shape index (κ3) is 2.90. The predicted octanol–water partition coefficient (Wildman–Crippen LogP) is 3.75. The number of piperidine rings is 1. The van der Waals surface area contributed by atoms with Crippen LogP contribution in [-0.4, -0.2) is 51.1 Å². The number of aliphatic hydroxyl groups is 2. The van der Waals surface area contributed by atoms with Crippen LogP contribution in [0.15, 0.2) is 18.2 Å². The quantitative estimate of drug-likeness (QED) is 0.706. The molecule has 2 bridgehead atoms. The molecule has 164 valence electrons. The van der Waals surface area contributed by atoms with Gasteiger partial charge in [0.05, 0.1) is 11.7 Å². The molecule has 4 fully saturated rings. The predicted molar refractivity (Wildman–Crippen MR) is 116 cm³/mol. The third-order valence-electron chi connectivity index (χ3n) is 9.64. The lowest BCUT2D eigenvalue weighted by molar-refractivity contribution is -0.199. The van der Waals surface area contributed by atoms with Gasteiger partial charge in [-0.1, -0.05) is 31.7 Å². The van der Waals surface area contributed by atoms with Gasteiger partial charge < -0.3 is 15.3 Å². The fourth-order valence-corrected chi connectivity index (χ4v) is 7.93. The number of nitrogens with zero attached hydrogens (tertiary/aromatic N) is 1. The molecule has 1 aromatic carbocycles. The first kappa shape index (κ1) is 19.6. The number of hydrogen-bond acceptors (Lipinski definition) is 4.